The highest BCUT2D eigenvalue weighted by Gasteiger charge is 2.16. The molecule has 0 unspecified atom stereocenters. The number of benzene rings is 1. The number of carboxylic acid groups (broad SMARTS) is 1. The Morgan fingerprint density at radius 1 is 1.50 bits per heavy atom. The molecule has 0 spiro atoms. The number of nitrogens with zero attached hydrogens (tertiary/aromatic N) is 3. The molecule has 2 aromatic rings. The number of ether oxygens (including phenoxy) is 1. The number of non-ortho nitro benzene ring substituents is 1. The van der Waals surface area contributed by atoms with Crippen LogP contribution in [0.4, 0.5) is 5.69 Å². The maximum Gasteiger partial charge on any atom is 0.356 e. The van der Waals surface area contributed by atoms with Crippen LogP contribution in [0.2, 0.25) is 0 Å². The second kappa shape index (κ2) is 5.49. The second-order valence-electron chi connectivity index (χ2n) is 3.95. The molecule has 8 nitrogen and oxygen atoms in total. The van der Waals surface area contributed by atoms with Gasteiger partial charge in [0.05, 0.1) is 22.9 Å². The van der Waals surface area contributed by atoms with Crippen molar-refractivity contribution in [3.05, 3.63) is 51.8 Å². The summed E-state index contributed by atoms with van der Waals surface area (Å²) >= 11 is 0. The van der Waals surface area contributed by atoms with Crippen LogP contribution in [0.15, 0.2) is 30.3 Å². The Morgan fingerprint density at radius 3 is 2.85 bits per heavy atom. The van der Waals surface area contributed by atoms with Crippen molar-refractivity contribution in [1.29, 1.82) is 0 Å². The zero-order valence-corrected chi connectivity index (χ0v) is 10.5. The minimum atomic E-state index is -1.17. The third-order valence-electron chi connectivity index (χ3n) is 2.58. The van der Waals surface area contributed by atoms with Crippen LogP contribution in [-0.4, -0.2) is 32.9 Å². The Bertz CT molecular complexity index is 665. The third kappa shape index (κ3) is 2.64. The molecule has 1 heterocycles. The van der Waals surface area contributed by atoms with Crippen LogP contribution in [0.25, 0.3) is 5.69 Å². The molecule has 0 atom stereocenters. The molecular formula is C12H11N3O5. The lowest BCUT2D eigenvalue weighted by atomic mass is 10.2. The van der Waals surface area contributed by atoms with E-state index < -0.39 is 10.9 Å². The lowest BCUT2D eigenvalue weighted by molar-refractivity contribution is -0.384. The van der Waals surface area contributed by atoms with Crippen molar-refractivity contribution in [2.24, 2.45) is 0 Å². The van der Waals surface area contributed by atoms with Crippen molar-refractivity contribution in [3.63, 3.8) is 0 Å². The van der Waals surface area contributed by atoms with E-state index in [4.69, 9.17) is 9.84 Å². The number of hydrogen-bond acceptors (Lipinski definition) is 5. The molecular weight excluding hydrogens is 266 g/mol. The van der Waals surface area contributed by atoms with E-state index in [1.165, 1.54) is 36.1 Å². The number of carbonyl (C=O) groups is 1. The number of hydrogen-bond donors (Lipinski definition) is 1. The fourth-order valence-corrected chi connectivity index (χ4v) is 1.74. The standard InChI is InChI=1S/C12H11N3O5/c1-20-7-10-6-11(12(16)17)13-14(10)8-3-2-4-9(5-8)15(18)19/h2-6H,7H2,1H3,(H,16,17). The first-order valence-electron chi connectivity index (χ1n) is 5.59. The molecule has 0 saturated heterocycles. The van der Waals surface area contributed by atoms with Gasteiger partial charge in [-0.15, -0.1) is 0 Å². The van der Waals surface area contributed by atoms with Gasteiger partial charge in [-0.05, 0) is 12.1 Å². The maximum atomic E-state index is 11.0. The van der Waals surface area contributed by atoms with E-state index >= 15 is 0 Å². The third-order valence-corrected chi connectivity index (χ3v) is 2.58. The number of nitro groups is 1. The molecule has 0 bridgehead atoms. The normalized spacial score (nSPS) is 10.4. The fraction of sp³-hybridized carbons (Fsp3) is 0.167. The summed E-state index contributed by atoms with van der Waals surface area (Å²) in [7, 11) is 1.46. The van der Waals surface area contributed by atoms with E-state index in [-0.39, 0.29) is 18.0 Å². The maximum absolute atomic E-state index is 11.0. The highest BCUT2D eigenvalue weighted by atomic mass is 16.6. The molecule has 0 aliphatic rings. The highest BCUT2D eigenvalue weighted by Crippen LogP contribution is 2.19. The molecule has 8 heteroatoms. The molecule has 0 fully saturated rings. The van der Waals surface area contributed by atoms with Crippen LogP contribution in [-0.2, 0) is 11.3 Å². The van der Waals surface area contributed by atoms with Gasteiger partial charge in [0.15, 0.2) is 5.69 Å². The number of aromatic nitrogens is 2. The predicted octanol–water partition coefficient (Wildman–Crippen LogP) is 1.63. The first-order chi connectivity index (χ1) is 9.52. The molecule has 20 heavy (non-hydrogen) atoms. The Kier molecular flexibility index (Phi) is 3.76. The van der Waals surface area contributed by atoms with Gasteiger partial charge in [0, 0.05) is 19.2 Å². The molecule has 0 saturated carbocycles. The highest BCUT2D eigenvalue weighted by molar-refractivity contribution is 5.85. The molecule has 0 amide bonds. The molecule has 1 aromatic heterocycles. The van der Waals surface area contributed by atoms with Crippen LogP contribution >= 0.6 is 0 Å². The minimum Gasteiger partial charge on any atom is -0.476 e. The SMILES string of the molecule is COCc1cc(C(=O)O)nn1-c1cccc([N+](=O)[O-])c1. The summed E-state index contributed by atoms with van der Waals surface area (Å²) in [6.45, 7) is 0.142. The van der Waals surface area contributed by atoms with Gasteiger partial charge in [-0.2, -0.15) is 5.10 Å². The largest absolute Gasteiger partial charge is 0.476 e. The number of nitro benzene ring substituents is 1. The number of rotatable bonds is 5. The quantitative estimate of drug-likeness (QED) is 0.657. The van der Waals surface area contributed by atoms with E-state index in [1.54, 1.807) is 6.07 Å². The predicted molar refractivity (Wildman–Crippen MR) is 67.9 cm³/mol. The van der Waals surface area contributed by atoms with Gasteiger partial charge in [-0.25, -0.2) is 9.48 Å². The van der Waals surface area contributed by atoms with Gasteiger partial charge >= 0.3 is 5.97 Å². The second-order valence-corrected chi connectivity index (χ2v) is 3.95. The smallest absolute Gasteiger partial charge is 0.356 e. The van der Waals surface area contributed by atoms with Crippen molar-refractivity contribution in [1.82, 2.24) is 9.78 Å². The number of carboxylic acids is 1. The fourth-order valence-electron chi connectivity index (χ4n) is 1.74. The van der Waals surface area contributed by atoms with Gasteiger partial charge in [0.1, 0.15) is 0 Å². The van der Waals surface area contributed by atoms with Crippen LogP contribution in [0, 0.1) is 10.1 Å². The van der Waals surface area contributed by atoms with Gasteiger partial charge in [0.2, 0.25) is 0 Å². The Balaban J connectivity index is 2.52. The minimum absolute atomic E-state index is 0.0989. The van der Waals surface area contributed by atoms with Crippen LogP contribution in [0.5, 0.6) is 0 Å². The van der Waals surface area contributed by atoms with Crippen molar-refractivity contribution in [2.45, 2.75) is 6.61 Å². The zero-order chi connectivity index (χ0) is 14.7. The molecule has 0 radical (unpaired) electrons. The van der Waals surface area contributed by atoms with Crippen molar-refractivity contribution in [3.8, 4) is 5.69 Å². The summed E-state index contributed by atoms with van der Waals surface area (Å²) in [5.74, 6) is -1.17. The molecule has 1 aromatic carbocycles. The van der Waals surface area contributed by atoms with Crippen LogP contribution in [0.1, 0.15) is 16.2 Å². The summed E-state index contributed by atoms with van der Waals surface area (Å²) in [5.41, 5.74) is 0.644. The summed E-state index contributed by atoms with van der Waals surface area (Å²) in [6.07, 6.45) is 0. The van der Waals surface area contributed by atoms with Gasteiger partial charge in [-0.3, -0.25) is 10.1 Å². The van der Waals surface area contributed by atoms with Gasteiger partial charge in [0.25, 0.3) is 5.69 Å². The Morgan fingerprint density at radius 2 is 2.25 bits per heavy atom. The number of aromatic carboxylic acids is 1. The lowest BCUT2D eigenvalue weighted by Crippen LogP contribution is -2.05. The van der Waals surface area contributed by atoms with Crippen LogP contribution < -0.4 is 0 Å². The molecule has 0 aliphatic carbocycles. The monoisotopic (exact) mass is 277 g/mol. The Labute approximate surface area is 113 Å². The topological polar surface area (TPSA) is 107 Å². The van der Waals surface area contributed by atoms with E-state index in [0.717, 1.165) is 0 Å². The van der Waals surface area contributed by atoms with Gasteiger partial charge < -0.3 is 9.84 Å². The molecule has 2 rings (SSSR count). The first kappa shape index (κ1) is 13.7. The first-order valence-corrected chi connectivity index (χ1v) is 5.59. The average Bonchev–Trinajstić information content (AvgIpc) is 2.83. The summed E-state index contributed by atoms with van der Waals surface area (Å²) in [6, 6.07) is 7.14. The van der Waals surface area contributed by atoms with E-state index in [0.29, 0.717) is 11.4 Å². The van der Waals surface area contributed by atoms with E-state index in [1.807, 2.05) is 0 Å². The molecule has 1 N–H and O–H groups in total. The van der Waals surface area contributed by atoms with Crippen molar-refractivity contribution >= 4 is 11.7 Å². The van der Waals surface area contributed by atoms with Crippen LogP contribution in [0.3, 0.4) is 0 Å². The average molecular weight is 277 g/mol. The van der Waals surface area contributed by atoms with Crippen molar-refractivity contribution in [2.75, 3.05) is 7.11 Å². The Hall–Kier alpha value is -2.74. The molecule has 0 aliphatic heterocycles. The number of methoxy groups -OCH3 is 1. The van der Waals surface area contributed by atoms with E-state index in [9.17, 15) is 14.9 Å². The van der Waals surface area contributed by atoms with E-state index in [2.05, 4.69) is 5.10 Å². The molecule has 104 valence electrons. The summed E-state index contributed by atoms with van der Waals surface area (Å²) in [4.78, 5) is 21.2. The summed E-state index contributed by atoms with van der Waals surface area (Å²) < 4.78 is 6.29. The summed E-state index contributed by atoms with van der Waals surface area (Å²) in [5, 5.41) is 23.6. The van der Waals surface area contributed by atoms with Gasteiger partial charge in [-0.1, -0.05) is 6.07 Å². The lowest BCUT2D eigenvalue weighted by Gasteiger charge is -2.06. The zero-order valence-electron chi connectivity index (χ0n) is 10.5. The van der Waals surface area contributed by atoms with Crippen molar-refractivity contribution < 1.29 is 19.6 Å².